The first kappa shape index (κ1) is 15.9. The number of nitrogens with one attached hydrogen (secondary N) is 1. The summed E-state index contributed by atoms with van der Waals surface area (Å²) in [6.07, 6.45) is 8.73. The molecule has 1 N–H and O–H groups in total. The van der Waals surface area contributed by atoms with Crippen molar-refractivity contribution in [3.8, 4) is 0 Å². The van der Waals surface area contributed by atoms with Gasteiger partial charge in [-0.1, -0.05) is 6.92 Å². The molecule has 124 valence electrons. The van der Waals surface area contributed by atoms with E-state index in [0.29, 0.717) is 5.78 Å². The molecule has 1 fully saturated rings. The summed E-state index contributed by atoms with van der Waals surface area (Å²) in [7, 11) is 0. The molecule has 2 aromatic rings. The van der Waals surface area contributed by atoms with E-state index >= 15 is 0 Å². The summed E-state index contributed by atoms with van der Waals surface area (Å²) >= 11 is 0. The molecule has 3 heterocycles. The monoisotopic (exact) mass is 315 g/mol. The molecule has 1 amide bonds. The first-order valence-electron chi connectivity index (χ1n) is 8.38. The molecule has 0 spiro atoms. The summed E-state index contributed by atoms with van der Waals surface area (Å²) in [4.78, 5) is 23.9. The summed E-state index contributed by atoms with van der Waals surface area (Å²) in [6.45, 7) is 8.06. The fourth-order valence-electron chi connectivity index (χ4n) is 3.16. The molecule has 0 aromatic carbocycles. The normalized spacial score (nSPS) is 17.5. The van der Waals surface area contributed by atoms with E-state index in [4.69, 9.17) is 0 Å². The topological polar surface area (TPSA) is 62.5 Å². The van der Waals surface area contributed by atoms with Crippen LogP contribution in [-0.2, 0) is 4.79 Å². The first-order valence-corrected chi connectivity index (χ1v) is 8.38. The van der Waals surface area contributed by atoms with Gasteiger partial charge in [-0.3, -0.25) is 14.1 Å². The molecule has 0 bridgehead atoms. The third-order valence-electron chi connectivity index (χ3n) is 4.78. The SMILES string of the molecule is CCC(NC(=O)C(C)(C)N1CCCC1)c1cn2cccnc2n1. The molecule has 3 rings (SSSR count). The van der Waals surface area contributed by atoms with Crippen LogP contribution in [0.3, 0.4) is 0 Å². The number of carbonyl (C=O) groups excluding carboxylic acids is 1. The maximum atomic E-state index is 12.8. The van der Waals surface area contributed by atoms with Gasteiger partial charge in [-0.15, -0.1) is 0 Å². The summed E-state index contributed by atoms with van der Waals surface area (Å²) in [5.41, 5.74) is 0.373. The van der Waals surface area contributed by atoms with E-state index in [2.05, 4.69) is 27.1 Å². The molecule has 6 heteroatoms. The van der Waals surface area contributed by atoms with Crippen molar-refractivity contribution in [3.63, 3.8) is 0 Å². The van der Waals surface area contributed by atoms with Gasteiger partial charge in [0.1, 0.15) is 0 Å². The van der Waals surface area contributed by atoms with Gasteiger partial charge in [0.2, 0.25) is 11.7 Å². The molecule has 1 aliphatic rings. The molecule has 2 aromatic heterocycles. The molecular formula is C17H25N5O. The fourth-order valence-corrected chi connectivity index (χ4v) is 3.16. The van der Waals surface area contributed by atoms with Gasteiger partial charge in [0.05, 0.1) is 17.3 Å². The van der Waals surface area contributed by atoms with E-state index < -0.39 is 5.54 Å². The molecule has 0 saturated carbocycles. The van der Waals surface area contributed by atoms with E-state index in [-0.39, 0.29) is 11.9 Å². The Hall–Kier alpha value is -1.95. The van der Waals surface area contributed by atoms with Crippen LogP contribution in [-0.4, -0.2) is 43.8 Å². The van der Waals surface area contributed by atoms with Gasteiger partial charge in [0, 0.05) is 18.6 Å². The molecule has 6 nitrogen and oxygen atoms in total. The van der Waals surface area contributed by atoms with Crippen LogP contribution in [0.2, 0.25) is 0 Å². The number of carbonyl (C=O) groups is 1. The minimum Gasteiger partial charge on any atom is -0.346 e. The standard InChI is InChI=1S/C17H25N5O/c1-4-13(14-12-21-9-7-8-18-16(21)20-14)19-15(23)17(2,3)22-10-5-6-11-22/h7-9,12-13H,4-6,10-11H2,1-3H3,(H,19,23). The smallest absolute Gasteiger partial charge is 0.240 e. The number of hydrogen-bond donors (Lipinski definition) is 1. The lowest BCUT2D eigenvalue weighted by atomic mass is 10.0. The van der Waals surface area contributed by atoms with Crippen LogP contribution in [0.4, 0.5) is 0 Å². The van der Waals surface area contributed by atoms with Crippen molar-refractivity contribution in [2.75, 3.05) is 13.1 Å². The van der Waals surface area contributed by atoms with E-state index in [1.54, 1.807) is 6.20 Å². The molecular weight excluding hydrogens is 290 g/mol. The van der Waals surface area contributed by atoms with Gasteiger partial charge in [0.25, 0.3) is 0 Å². The number of aromatic nitrogens is 3. The Bertz CT molecular complexity index is 654. The van der Waals surface area contributed by atoms with Crippen LogP contribution in [0.1, 0.15) is 51.8 Å². The number of fused-ring (bicyclic) bond motifs is 1. The summed E-state index contributed by atoms with van der Waals surface area (Å²) in [5, 5.41) is 3.18. The maximum Gasteiger partial charge on any atom is 0.240 e. The average molecular weight is 315 g/mol. The Morgan fingerprint density at radius 3 is 2.78 bits per heavy atom. The second-order valence-corrected chi connectivity index (χ2v) is 6.68. The van der Waals surface area contributed by atoms with Gasteiger partial charge < -0.3 is 5.32 Å². The van der Waals surface area contributed by atoms with Crippen molar-refractivity contribution in [1.82, 2.24) is 24.6 Å². The van der Waals surface area contributed by atoms with E-state index in [1.165, 1.54) is 12.8 Å². The second kappa shape index (κ2) is 6.28. The van der Waals surface area contributed by atoms with Crippen molar-refractivity contribution in [3.05, 3.63) is 30.4 Å². The van der Waals surface area contributed by atoms with Gasteiger partial charge in [0.15, 0.2) is 0 Å². The van der Waals surface area contributed by atoms with Crippen molar-refractivity contribution in [1.29, 1.82) is 0 Å². The van der Waals surface area contributed by atoms with Gasteiger partial charge in [-0.2, -0.15) is 0 Å². The Kier molecular flexibility index (Phi) is 4.35. The molecule has 1 aliphatic heterocycles. The summed E-state index contributed by atoms with van der Waals surface area (Å²) in [5.74, 6) is 0.727. The minimum atomic E-state index is -0.485. The molecule has 1 unspecified atom stereocenters. The Morgan fingerprint density at radius 1 is 1.39 bits per heavy atom. The third-order valence-corrected chi connectivity index (χ3v) is 4.78. The number of nitrogens with zero attached hydrogens (tertiary/aromatic N) is 4. The molecule has 1 atom stereocenters. The van der Waals surface area contributed by atoms with E-state index in [9.17, 15) is 4.79 Å². The van der Waals surface area contributed by atoms with Gasteiger partial charge in [-0.25, -0.2) is 9.97 Å². The van der Waals surface area contributed by atoms with Crippen LogP contribution in [0, 0.1) is 0 Å². The lowest BCUT2D eigenvalue weighted by Crippen LogP contribution is -2.54. The largest absolute Gasteiger partial charge is 0.346 e. The van der Waals surface area contributed by atoms with Crippen LogP contribution in [0.25, 0.3) is 5.78 Å². The summed E-state index contributed by atoms with van der Waals surface area (Å²) in [6, 6.07) is 1.78. The number of hydrogen-bond acceptors (Lipinski definition) is 4. The second-order valence-electron chi connectivity index (χ2n) is 6.68. The van der Waals surface area contributed by atoms with Crippen molar-refractivity contribution in [2.24, 2.45) is 0 Å². The molecule has 1 saturated heterocycles. The highest BCUT2D eigenvalue weighted by Gasteiger charge is 2.37. The first-order chi connectivity index (χ1) is 11.0. The van der Waals surface area contributed by atoms with Crippen LogP contribution in [0.15, 0.2) is 24.7 Å². The highest BCUT2D eigenvalue weighted by molar-refractivity contribution is 5.85. The summed E-state index contributed by atoms with van der Waals surface area (Å²) < 4.78 is 1.88. The van der Waals surface area contributed by atoms with Crippen LogP contribution < -0.4 is 5.32 Å². The predicted molar refractivity (Wildman–Crippen MR) is 89.0 cm³/mol. The Labute approximate surface area is 136 Å². The van der Waals surface area contributed by atoms with Crippen molar-refractivity contribution < 1.29 is 4.79 Å². The fraction of sp³-hybridized carbons (Fsp3) is 0.588. The zero-order chi connectivity index (χ0) is 16.4. The number of likely N-dealkylation sites (tertiary alicyclic amines) is 1. The Morgan fingerprint density at radius 2 is 2.13 bits per heavy atom. The number of imidazole rings is 1. The quantitative estimate of drug-likeness (QED) is 0.918. The zero-order valence-electron chi connectivity index (χ0n) is 14.1. The highest BCUT2D eigenvalue weighted by atomic mass is 16.2. The number of amides is 1. The molecule has 0 radical (unpaired) electrons. The van der Waals surface area contributed by atoms with E-state index in [0.717, 1.165) is 25.2 Å². The Balaban J connectivity index is 1.77. The average Bonchev–Trinajstić information content (AvgIpc) is 3.21. The highest BCUT2D eigenvalue weighted by Crippen LogP contribution is 2.23. The lowest BCUT2D eigenvalue weighted by Gasteiger charge is -2.35. The van der Waals surface area contributed by atoms with Crippen molar-refractivity contribution >= 4 is 11.7 Å². The lowest BCUT2D eigenvalue weighted by molar-refractivity contribution is -0.132. The minimum absolute atomic E-state index is 0.0660. The third kappa shape index (κ3) is 3.08. The van der Waals surface area contributed by atoms with Crippen LogP contribution in [0.5, 0.6) is 0 Å². The number of rotatable bonds is 5. The zero-order valence-corrected chi connectivity index (χ0v) is 14.1. The van der Waals surface area contributed by atoms with E-state index in [1.807, 2.05) is 36.7 Å². The maximum absolute atomic E-state index is 12.8. The van der Waals surface area contributed by atoms with Gasteiger partial charge >= 0.3 is 0 Å². The van der Waals surface area contributed by atoms with Crippen molar-refractivity contribution in [2.45, 2.75) is 51.6 Å². The van der Waals surface area contributed by atoms with Gasteiger partial charge in [-0.05, 0) is 52.3 Å². The predicted octanol–water partition coefficient (Wildman–Crippen LogP) is 2.17. The van der Waals surface area contributed by atoms with Crippen LogP contribution >= 0.6 is 0 Å². The molecule has 23 heavy (non-hydrogen) atoms. The molecule has 0 aliphatic carbocycles.